The first-order valence-corrected chi connectivity index (χ1v) is 12.1. The lowest BCUT2D eigenvalue weighted by atomic mass is 10.0. The second-order valence-corrected chi connectivity index (χ2v) is 9.02. The number of nitrogens with one attached hydrogen (secondary N) is 2. The Hall–Kier alpha value is -4.17. The highest BCUT2D eigenvalue weighted by molar-refractivity contribution is 7.80. The summed E-state index contributed by atoms with van der Waals surface area (Å²) in [4.78, 5) is 18.6. The monoisotopic (exact) mass is 497 g/mol. The van der Waals surface area contributed by atoms with E-state index in [0.29, 0.717) is 16.5 Å². The molecule has 8 heteroatoms. The lowest BCUT2D eigenvalue weighted by Crippen LogP contribution is -2.30. The third-order valence-electron chi connectivity index (χ3n) is 6.29. The average Bonchev–Trinajstić information content (AvgIpc) is 3.44. The van der Waals surface area contributed by atoms with Crippen molar-refractivity contribution in [3.63, 3.8) is 0 Å². The molecule has 36 heavy (non-hydrogen) atoms. The number of anilines is 2. The number of aryl methyl sites for hydroxylation is 1. The fraction of sp³-hybridized carbons (Fsp3) is 0.179. The van der Waals surface area contributed by atoms with Crippen molar-refractivity contribution in [1.29, 1.82) is 0 Å². The molecule has 0 spiro atoms. The van der Waals surface area contributed by atoms with E-state index in [4.69, 9.17) is 17.0 Å². The van der Waals surface area contributed by atoms with Crippen molar-refractivity contribution >= 4 is 34.6 Å². The van der Waals surface area contributed by atoms with Gasteiger partial charge in [-0.05, 0) is 73.7 Å². The summed E-state index contributed by atoms with van der Waals surface area (Å²) >= 11 is 5.89. The molecular weight excluding hydrogens is 470 g/mol. The molecule has 2 aromatic heterocycles. The Labute approximate surface area is 215 Å². The molecule has 5 rings (SSSR count). The summed E-state index contributed by atoms with van der Waals surface area (Å²) in [6.07, 6.45) is 1.80. The molecule has 2 atom stereocenters. The third-order valence-corrected chi connectivity index (χ3v) is 6.61. The number of para-hydroxylation sites is 1. The topological polar surface area (TPSA) is 71.4 Å². The minimum absolute atomic E-state index is 0.177. The van der Waals surface area contributed by atoms with Crippen LogP contribution in [0.2, 0.25) is 0 Å². The quantitative estimate of drug-likeness (QED) is 0.351. The number of hydrogen-bond donors (Lipinski definition) is 2. The predicted molar refractivity (Wildman–Crippen MR) is 146 cm³/mol. The van der Waals surface area contributed by atoms with E-state index in [1.54, 1.807) is 13.3 Å². The van der Waals surface area contributed by atoms with Crippen LogP contribution in [-0.4, -0.2) is 27.7 Å². The lowest BCUT2D eigenvalue weighted by molar-refractivity contribution is -0.114. The summed E-state index contributed by atoms with van der Waals surface area (Å²) in [7, 11) is 1.58. The number of pyridine rings is 1. The van der Waals surface area contributed by atoms with Crippen LogP contribution in [0.3, 0.4) is 0 Å². The van der Waals surface area contributed by atoms with Crippen LogP contribution in [0.4, 0.5) is 11.4 Å². The summed E-state index contributed by atoms with van der Waals surface area (Å²) in [5.74, 6) is 0.400. The minimum Gasteiger partial charge on any atom is -0.495 e. The molecule has 1 saturated heterocycles. The first-order chi connectivity index (χ1) is 17.5. The van der Waals surface area contributed by atoms with E-state index in [0.717, 1.165) is 28.5 Å². The maximum Gasteiger partial charge on any atom is 0.221 e. The van der Waals surface area contributed by atoms with Gasteiger partial charge in [-0.2, -0.15) is 0 Å². The highest BCUT2D eigenvalue weighted by Crippen LogP contribution is 2.44. The first kappa shape index (κ1) is 23.6. The van der Waals surface area contributed by atoms with E-state index in [9.17, 15) is 4.79 Å². The van der Waals surface area contributed by atoms with Crippen molar-refractivity contribution < 1.29 is 9.53 Å². The van der Waals surface area contributed by atoms with Gasteiger partial charge in [0.15, 0.2) is 5.11 Å². The second kappa shape index (κ2) is 9.83. The van der Waals surface area contributed by atoms with E-state index < -0.39 is 0 Å². The largest absolute Gasteiger partial charge is 0.495 e. The van der Waals surface area contributed by atoms with Crippen molar-refractivity contribution in [2.45, 2.75) is 25.9 Å². The minimum atomic E-state index is -0.208. The van der Waals surface area contributed by atoms with Crippen molar-refractivity contribution in [3.8, 4) is 11.4 Å². The molecule has 2 N–H and O–H groups in total. The van der Waals surface area contributed by atoms with E-state index in [-0.39, 0.29) is 18.0 Å². The molecular formula is C28H27N5O2S. The van der Waals surface area contributed by atoms with Gasteiger partial charge < -0.3 is 24.8 Å². The normalized spacial score (nSPS) is 17.1. The fourth-order valence-electron chi connectivity index (χ4n) is 4.79. The predicted octanol–water partition coefficient (Wildman–Crippen LogP) is 5.32. The number of ether oxygens (including phenoxy) is 1. The Balaban J connectivity index is 1.69. The second-order valence-electron chi connectivity index (χ2n) is 8.63. The van der Waals surface area contributed by atoms with Gasteiger partial charge in [-0.3, -0.25) is 9.78 Å². The number of benzene rings is 2. The number of aromatic nitrogens is 2. The average molecular weight is 498 g/mol. The SMILES string of the molecule is COc1ccc(N2C(=S)N[C@@H](c3ccccn3)[C@H]2c2ccc(C)n2-c2ccccc2)cc1NC(C)=O. The summed E-state index contributed by atoms with van der Waals surface area (Å²) in [5, 5.41) is 6.95. The van der Waals surface area contributed by atoms with Crippen molar-refractivity contribution in [3.05, 3.63) is 102 Å². The van der Waals surface area contributed by atoms with Crippen molar-refractivity contribution in [2.75, 3.05) is 17.3 Å². The number of thiocarbonyl (C=S) groups is 1. The van der Waals surface area contributed by atoms with Gasteiger partial charge in [-0.1, -0.05) is 24.3 Å². The third kappa shape index (κ3) is 4.31. The fourth-order valence-corrected chi connectivity index (χ4v) is 5.13. The Bertz CT molecular complexity index is 1400. The molecule has 1 aliphatic rings. The smallest absolute Gasteiger partial charge is 0.221 e. The van der Waals surface area contributed by atoms with Crippen LogP contribution in [0.1, 0.15) is 36.1 Å². The summed E-state index contributed by atoms with van der Waals surface area (Å²) in [6, 6.07) is 25.7. The molecule has 182 valence electrons. The molecule has 0 aliphatic carbocycles. The number of nitrogens with zero attached hydrogens (tertiary/aromatic N) is 3. The summed E-state index contributed by atoms with van der Waals surface area (Å²) in [6.45, 7) is 3.57. The zero-order valence-corrected chi connectivity index (χ0v) is 21.1. The molecule has 0 unspecified atom stereocenters. The molecule has 0 radical (unpaired) electrons. The molecule has 0 saturated carbocycles. The standard InChI is InChI=1S/C28H27N5O2S/c1-18-12-14-24(32(18)20-9-5-4-6-10-20)27-26(22-11-7-8-16-29-22)31-28(36)33(27)21-13-15-25(35-3)23(17-21)30-19(2)34/h4-17,26-27H,1-3H3,(H,30,34)(H,31,36)/t26-,27+/m0/s1. The van der Waals surface area contributed by atoms with E-state index in [1.165, 1.54) is 6.92 Å². The van der Waals surface area contributed by atoms with Crippen LogP contribution in [0.5, 0.6) is 5.75 Å². The van der Waals surface area contributed by atoms with Crippen LogP contribution >= 0.6 is 12.2 Å². The molecule has 1 aliphatic heterocycles. The van der Waals surface area contributed by atoms with Crippen LogP contribution in [0, 0.1) is 6.92 Å². The van der Waals surface area contributed by atoms with Crippen molar-refractivity contribution in [1.82, 2.24) is 14.9 Å². The van der Waals surface area contributed by atoms with Crippen LogP contribution in [0.15, 0.2) is 85.1 Å². The van der Waals surface area contributed by atoms with Crippen molar-refractivity contribution in [2.24, 2.45) is 0 Å². The highest BCUT2D eigenvalue weighted by Gasteiger charge is 2.42. The molecule has 1 fully saturated rings. The molecule has 4 aromatic rings. The summed E-state index contributed by atoms with van der Waals surface area (Å²) in [5.41, 5.74) is 5.56. The zero-order valence-electron chi connectivity index (χ0n) is 20.3. The van der Waals surface area contributed by atoms with Gasteiger partial charge in [-0.25, -0.2) is 0 Å². The van der Waals surface area contributed by atoms with Crippen LogP contribution in [0.25, 0.3) is 5.69 Å². The maximum atomic E-state index is 11.9. The van der Waals surface area contributed by atoms with E-state index >= 15 is 0 Å². The van der Waals surface area contributed by atoms with Crippen LogP contribution in [-0.2, 0) is 4.79 Å². The van der Waals surface area contributed by atoms with E-state index in [1.807, 2.05) is 54.6 Å². The number of carbonyl (C=O) groups excluding carboxylic acids is 1. The van der Waals surface area contributed by atoms with Gasteiger partial charge in [0.2, 0.25) is 5.91 Å². The Kier molecular flexibility index (Phi) is 6.43. The summed E-state index contributed by atoms with van der Waals surface area (Å²) < 4.78 is 7.73. The molecule has 1 amide bonds. The number of carbonyl (C=O) groups is 1. The number of methoxy groups -OCH3 is 1. The maximum absolute atomic E-state index is 11.9. The highest BCUT2D eigenvalue weighted by atomic mass is 32.1. The molecule has 2 aromatic carbocycles. The number of rotatable bonds is 6. The Morgan fingerprint density at radius 3 is 2.50 bits per heavy atom. The first-order valence-electron chi connectivity index (χ1n) is 11.7. The lowest BCUT2D eigenvalue weighted by Gasteiger charge is -2.30. The Morgan fingerprint density at radius 1 is 1.03 bits per heavy atom. The van der Waals surface area contributed by atoms with E-state index in [2.05, 4.69) is 56.3 Å². The molecule has 7 nitrogen and oxygen atoms in total. The number of amides is 1. The number of hydrogen-bond acceptors (Lipinski definition) is 4. The molecule has 0 bridgehead atoms. The van der Waals surface area contributed by atoms with Gasteiger partial charge in [0.25, 0.3) is 0 Å². The van der Waals surface area contributed by atoms with Crippen LogP contribution < -0.4 is 20.3 Å². The molecule has 3 heterocycles. The zero-order chi connectivity index (χ0) is 25.2. The van der Waals surface area contributed by atoms with Gasteiger partial charge in [0, 0.05) is 35.9 Å². The Morgan fingerprint density at radius 2 is 1.81 bits per heavy atom. The van der Waals surface area contributed by atoms with Gasteiger partial charge in [0.05, 0.1) is 24.5 Å². The van der Waals surface area contributed by atoms with Gasteiger partial charge in [0.1, 0.15) is 11.8 Å². The van der Waals surface area contributed by atoms with Gasteiger partial charge >= 0.3 is 0 Å². The van der Waals surface area contributed by atoms with Gasteiger partial charge in [-0.15, -0.1) is 0 Å².